The first-order valence-electron chi connectivity index (χ1n) is 5.04. The predicted octanol–water partition coefficient (Wildman–Crippen LogP) is 2.03. The maximum Gasteiger partial charge on any atom is 0.227 e. The second-order valence-corrected chi connectivity index (χ2v) is 5.00. The molecule has 1 rings (SSSR count). The van der Waals surface area contributed by atoms with Crippen molar-refractivity contribution in [2.24, 2.45) is 5.41 Å². The number of hydrogen-bond acceptors (Lipinski definition) is 3. The van der Waals surface area contributed by atoms with Gasteiger partial charge in [0.1, 0.15) is 5.82 Å². The van der Waals surface area contributed by atoms with Crippen molar-refractivity contribution in [3.63, 3.8) is 0 Å². The predicted molar refractivity (Wildman–Crippen MR) is 68.3 cm³/mol. The number of nitrogens with zero attached hydrogens (tertiary/aromatic N) is 1. The van der Waals surface area contributed by atoms with Crippen molar-refractivity contribution in [2.45, 2.75) is 13.8 Å². The monoisotopic (exact) mass is 285 g/mol. The highest BCUT2D eigenvalue weighted by Gasteiger charge is 2.26. The van der Waals surface area contributed by atoms with E-state index in [-0.39, 0.29) is 5.91 Å². The lowest BCUT2D eigenvalue weighted by atomic mass is 9.92. The fourth-order valence-electron chi connectivity index (χ4n) is 1.24. The quantitative estimate of drug-likeness (QED) is 0.890. The van der Waals surface area contributed by atoms with Crippen LogP contribution in [0.15, 0.2) is 22.8 Å². The van der Waals surface area contributed by atoms with E-state index < -0.39 is 5.41 Å². The first kappa shape index (κ1) is 13.0. The van der Waals surface area contributed by atoms with Crippen LogP contribution in [0.25, 0.3) is 0 Å². The zero-order valence-electron chi connectivity index (χ0n) is 9.67. The molecular weight excluding hydrogens is 270 g/mol. The van der Waals surface area contributed by atoms with Gasteiger partial charge in [-0.25, -0.2) is 4.98 Å². The minimum atomic E-state index is -0.467. The third-order valence-electron chi connectivity index (χ3n) is 2.30. The van der Waals surface area contributed by atoms with Crippen molar-refractivity contribution in [1.29, 1.82) is 0 Å². The summed E-state index contributed by atoms with van der Waals surface area (Å²) < 4.78 is 0.891. The van der Waals surface area contributed by atoms with Crippen molar-refractivity contribution in [2.75, 3.05) is 18.9 Å². The van der Waals surface area contributed by atoms with Gasteiger partial charge in [-0.15, -0.1) is 0 Å². The third-order valence-corrected chi connectivity index (χ3v) is 2.94. The topological polar surface area (TPSA) is 54.0 Å². The molecule has 1 heterocycles. The van der Waals surface area contributed by atoms with Crippen molar-refractivity contribution < 1.29 is 4.79 Å². The summed E-state index contributed by atoms with van der Waals surface area (Å²) in [5.74, 6) is 0.756. The largest absolute Gasteiger partial charge is 0.368 e. The van der Waals surface area contributed by atoms with Gasteiger partial charge in [0.2, 0.25) is 5.91 Å². The molecule has 0 saturated carbocycles. The van der Waals surface area contributed by atoms with E-state index in [0.29, 0.717) is 6.54 Å². The molecule has 0 atom stereocenters. The zero-order valence-corrected chi connectivity index (χ0v) is 11.3. The Labute approximate surface area is 104 Å². The molecule has 0 aliphatic heterocycles. The lowest BCUT2D eigenvalue weighted by Crippen LogP contribution is -2.39. The molecule has 0 aliphatic rings. The van der Waals surface area contributed by atoms with Crippen LogP contribution >= 0.6 is 15.9 Å². The molecule has 0 aliphatic carbocycles. The molecule has 0 unspecified atom stereocenters. The Morgan fingerprint density at radius 1 is 1.56 bits per heavy atom. The summed E-state index contributed by atoms with van der Waals surface area (Å²) in [6.45, 7) is 4.30. The summed E-state index contributed by atoms with van der Waals surface area (Å²) >= 11 is 3.39. The molecule has 2 N–H and O–H groups in total. The lowest BCUT2D eigenvalue weighted by molar-refractivity contribution is -0.128. The number of aromatic nitrogens is 1. The summed E-state index contributed by atoms with van der Waals surface area (Å²) in [6, 6.07) is 3.75. The number of carbonyl (C=O) groups excluding carboxylic acids is 1. The van der Waals surface area contributed by atoms with E-state index in [1.165, 1.54) is 0 Å². The molecular formula is C11H16BrN3O. The molecule has 0 fully saturated rings. The Morgan fingerprint density at radius 2 is 2.25 bits per heavy atom. The average Bonchev–Trinajstić information content (AvgIpc) is 2.27. The van der Waals surface area contributed by atoms with Gasteiger partial charge in [0.25, 0.3) is 0 Å². The second kappa shape index (κ2) is 5.30. The highest BCUT2D eigenvalue weighted by atomic mass is 79.9. The van der Waals surface area contributed by atoms with Crippen LogP contribution in [-0.4, -0.2) is 24.5 Å². The molecule has 0 saturated heterocycles. The normalized spacial score (nSPS) is 11.0. The van der Waals surface area contributed by atoms with Gasteiger partial charge in [0.05, 0.1) is 9.89 Å². The number of amides is 1. The molecule has 5 heteroatoms. The number of hydrogen-bond donors (Lipinski definition) is 2. The number of halogens is 1. The minimum Gasteiger partial charge on any atom is -0.368 e. The van der Waals surface area contributed by atoms with Crippen molar-refractivity contribution >= 4 is 27.7 Å². The van der Waals surface area contributed by atoms with Crippen LogP contribution in [0.1, 0.15) is 13.8 Å². The van der Waals surface area contributed by atoms with Crippen LogP contribution in [0.4, 0.5) is 5.82 Å². The first-order valence-corrected chi connectivity index (χ1v) is 5.83. The molecule has 4 nitrogen and oxygen atoms in total. The first-order chi connectivity index (χ1) is 7.47. The van der Waals surface area contributed by atoms with Gasteiger partial charge in [-0.1, -0.05) is 0 Å². The maximum atomic E-state index is 11.6. The fraction of sp³-hybridized carbons (Fsp3) is 0.455. The summed E-state index contributed by atoms with van der Waals surface area (Å²) in [5, 5.41) is 5.79. The molecule has 1 aromatic rings. The van der Waals surface area contributed by atoms with Crippen LogP contribution in [0, 0.1) is 5.41 Å². The Kier molecular flexibility index (Phi) is 4.29. The summed E-state index contributed by atoms with van der Waals surface area (Å²) in [4.78, 5) is 15.7. The van der Waals surface area contributed by atoms with Crippen molar-refractivity contribution in [3.8, 4) is 0 Å². The molecule has 88 valence electrons. The number of rotatable bonds is 4. The molecule has 16 heavy (non-hydrogen) atoms. The van der Waals surface area contributed by atoms with Crippen LogP contribution in [0.2, 0.25) is 0 Å². The number of anilines is 1. The van der Waals surface area contributed by atoms with E-state index in [2.05, 4.69) is 31.5 Å². The number of pyridine rings is 1. The van der Waals surface area contributed by atoms with Gasteiger partial charge >= 0.3 is 0 Å². The van der Waals surface area contributed by atoms with Crippen molar-refractivity contribution in [3.05, 3.63) is 22.8 Å². The van der Waals surface area contributed by atoms with Crippen LogP contribution in [0.5, 0.6) is 0 Å². The smallest absolute Gasteiger partial charge is 0.227 e. The second-order valence-electron chi connectivity index (χ2n) is 4.15. The van der Waals surface area contributed by atoms with E-state index in [1.54, 1.807) is 13.2 Å². The fourth-order valence-corrected chi connectivity index (χ4v) is 1.63. The molecule has 0 radical (unpaired) electrons. The summed E-state index contributed by atoms with van der Waals surface area (Å²) in [5.41, 5.74) is -0.467. The summed E-state index contributed by atoms with van der Waals surface area (Å²) in [7, 11) is 1.64. The van der Waals surface area contributed by atoms with Gasteiger partial charge < -0.3 is 10.6 Å². The zero-order chi connectivity index (χ0) is 12.2. The van der Waals surface area contributed by atoms with Gasteiger partial charge in [-0.2, -0.15) is 0 Å². The van der Waals surface area contributed by atoms with Crippen molar-refractivity contribution in [1.82, 2.24) is 10.3 Å². The Hall–Kier alpha value is -1.10. The average molecular weight is 286 g/mol. The van der Waals surface area contributed by atoms with Gasteiger partial charge in [-0.3, -0.25) is 4.79 Å². The Bertz CT molecular complexity index is 379. The lowest BCUT2D eigenvalue weighted by Gasteiger charge is -2.23. The maximum absolute atomic E-state index is 11.6. The molecule has 1 amide bonds. The van der Waals surface area contributed by atoms with E-state index in [4.69, 9.17) is 0 Å². The van der Waals surface area contributed by atoms with E-state index in [0.717, 1.165) is 10.3 Å². The number of carbonyl (C=O) groups is 1. The minimum absolute atomic E-state index is 0.00653. The van der Waals surface area contributed by atoms with Crippen LogP contribution in [-0.2, 0) is 4.79 Å². The highest BCUT2D eigenvalue weighted by molar-refractivity contribution is 9.10. The highest BCUT2D eigenvalue weighted by Crippen LogP contribution is 2.21. The Balaban J connectivity index is 2.65. The van der Waals surface area contributed by atoms with E-state index >= 15 is 0 Å². The molecule has 0 spiro atoms. The third kappa shape index (κ3) is 3.20. The van der Waals surface area contributed by atoms with Crippen LogP contribution in [0.3, 0.4) is 0 Å². The molecule has 0 aromatic carbocycles. The van der Waals surface area contributed by atoms with Gasteiger partial charge in [0, 0.05) is 19.8 Å². The van der Waals surface area contributed by atoms with E-state index in [9.17, 15) is 4.79 Å². The van der Waals surface area contributed by atoms with Gasteiger partial charge in [-0.05, 0) is 41.9 Å². The SMILES string of the molecule is CNC(=O)C(C)(C)CNc1ncccc1Br. The van der Waals surface area contributed by atoms with E-state index in [1.807, 2.05) is 26.0 Å². The standard InChI is InChI=1S/C11H16BrN3O/c1-11(2,10(16)13-3)7-15-9-8(12)5-4-6-14-9/h4-6H,7H2,1-3H3,(H,13,16)(H,14,15). The van der Waals surface area contributed by atoms with Crippen LogP contribution < -0.4 is 10.6 Å². The van der Waals surface area contributed by atoms with Gasteiger partial charge in [0.15, 0.2) is 0 Å². The number of nitrogens with one attached hydrogen (secondary N) is 2. The summed E-state index contributed by atoms with van der Waals surface area (Å²) in [6.07, 6.45) is 1.71. The Morgan fingerprint density at radius 3 is 2.81 bits per heavy atom. The molecule has 0 bridgehead atoms. The molecule has 1 aromatic heterocycles.